The second-order valence-electron chi connectivity index (χ2n) is 8.10. The maximum Gasteiger partial charge on any atom is 1.00 e. The summed E-state index contributed by atoms with van der Waals surface area (Å²) in [5, 5.41) is 25.4. The molecular formula is C26H20Cl2N3NaO6S. The van der Waals surface area contributed by atoms with Crippen molar-refractivity contribution in [2.45, 2.75) is 18.7 Å². The minimum atomic E-state index is -4.48. The van der Waals surface area contributed by atoms with Gasteiger partial charge in [0, 0.05) is 17.0 Å². The first-order valence-corrected chi connectivity index (χ1v) is 13.3. The minimum Gasteiger partial charge on any atom is -0.870 e. The summed E-state index contributed by atoms with van der Waals surface area (Å²) in [6.45, 7) is 3.80. The standard InChI is InChI=1S/C26H21Cl2N3O6S.Na/c1-3-37-16-8-9-22(20(27)12-16)29-26(33)19-11-15-6-4-5-7-18(15)24(25(19)32)31-30-23-14(2)10-17(13-21(23)28)38(34,35)36;/h4-13,32H,3H2,1-2H3,(H,29,33)(H,34,35,36);/q;+1/p-1. The fourth-order valence-electron chi connectivity index (χ4n) is 3.70. The van der Waals surface area contributed by atoms with Crippen molar-refractivity contribution in [2.24, 2.45) is 10.2 Å². The summed E-state index contributed by atoms with van der Waals surface area (Å²) in [5.74, 6) is -0.850. The van der Waals surface area contributed by atoms with Crippen LogP contribution >= 0.6 is 23.2 Å². The molecule has 0 aliphatic rings. The van der Waals surface area contributed by atoms with Crippen LogP contribution in [0.3, 0.4) is 0 Å². The van der Waals surface area contributed by atoms with Gasteiger partial charge in [0.05, 0.1) is 32.9 Å². The van der Waals surface area contributed by atoms with E-state index in [0.29, 0.717) is 28.7 Å². The van der Waals surface area contributed by atoms with Crippen LogP contribution < -0.4 is 44.7 Å². The van der Waals surface area contributed by atoms with Gasteiger partial charge in [0.25, 0.3) is 16.0 Å². The number of azo groups is 1. The van der Waals surface area contributed by atoms with Crippen molar-refractivity contribution in [3.63, 3.8) is 0 Å². The van der Waals surface area contributed by atoms with Crippen LogP contribution in [0.4, 0.5) is 17.1 Å². The van der Waals surface area contributed by atoms with Crippen molar-refractivity contribution in [3.05, 3.63) is 81.8 Å². The molecule has 0 atom stereocenters. The zero-order valence-corrected chi connectivity index (χ0v) is 25.4. The van der Waals surface area contributed by atoms with Gasteiger partial charge in [-0.15, -0.1) is 5.11 Å². The molecule has 9 nitrogen and oxygen atoms in total. The summed E-state index contributed by atoms with van der Waals surface area (Å²) in [6, 6.07) is 15.2. The van der Waals surface area contributed by atoms with Crippen LogP contribution in [0.5, 0.6) is 11.5 Å². The Bertz CT molecular complexity index is 1690. The van der Waals surface area contributed by atoms with Gasteiger partial charge >= 0.3 is 29.6 Å². The summed E-state index contributed by atoms with van der Waals surface area (Å²) in [6.07, 6.45) is 0. The van der Waals surface area contributed by atoms with Gasteiger partial charge in [0.15, 0.2) is 0 Å². The molecule has 0 aliphatic heterocycles. The van der Waals surface area contributed by atoms with E-state index >= 15 is 0 Å². The van der Waals surface area contributed by atoms with E-state index in [1.807, 2.05) is 6.92 Å². The zero-order valence-electron chi connectivity index (χ0n) is 21.0. The second kappa shape index (κ2) is 12.6. The number of benzene rings is 4. The zero-order chi connectivity index (χ0) is 27.6. The molecule has 196 valence electrons. The monoisotopic (exact) mass is 595 g/mol. The molecule has 0 fully saturated rings. The number of nitrogens with zero attached hydrogens (tertiary/aromatic N) is 2. The summed E-state index contributed by atoms with van der Waals surface area (Å²) in [4.78, 5) is 12.7. The molecular weight excluding hydrogens is 576 g/mol. The van der Waals surface area contributed by atoms with Gasteiger partial charge in [0.2, 0.25) is 0 Å². The molecule has 4 rings (SSSR count). The number of anilines is 1. The molecule has 0 radical (unpaired) electrons. The Kier molecular flexibility index (Phi) is 10.0. The Balaban J connectivity index is 0.00000420. The molecule has 0 aliphatic carbocycles. The van der Waals surface area contributed by atoms with Crippen LogP contribution in [0.15, 0.2) is 75.8 Å². The van der Waals surface area contributed by atoms with E-state index in [-0.39, 0.29) is 62.2 Å². The Morgan fingerprint density at radius 3 is 2.36 bits per heavy atom. The fourth-order valence-corrected chi connectivity index (χ4v) is 4.88. The van der Waals surface area contributed by atoms with Crippen molar-refractivity contribution in [3.8, 4) is 11.5 Å². The molecule has 0 unspecified atom stereocenters. The number of rotatable bonds is 7. The normalized spacial score (nSPS) is 11.4. The van der Waals surface area contributed by atoms with E-state index in [2.05, 4.69) is 15.5 Å². The molecule has 4 aromatic carbocycles. The van der Waals surface area contributed by atoms with Crippen molar-refractivity contribution >= 4 is 67.1 Å². The third-order valence-corrected chi connectivity index (χ3v) is 6.93. The molecule has 39 heavy (non-hydrogen) atoms. The average Bonchev–Trinajstić information content (AvgIpc) is 2.85. The second-order valence-corrected chi connectivity index (χ2v) is 10.3. The van der Waals surface area contributed by atoms with Crippen molar-refractivity contribution in [2.75, 3.05) is 11.9 Å². The number of hydrogen-bond donors (Lipinski definition) is 2. The first kappa shape index (κ1) is 30.8. The van der Waals surface area contributed by atoms with Crippen LogP contribution in [0.1, 0.15) is 22.8 Å². The molecule has 0 heterocycles. The van der Waals surface area contributed by atoms with Crippen LogP contribution in [0.25, 0.3) is 10.8 Å². The summed E-state index contributed by atoms with van der Waals surface area (Å²) >= 11 is 12.5. The number of carbonyl (C=O) groups excluding carboxylic acids is 1. The molecule has 0 spiro atoms. The SMILES string of the molecule is CCOc1ccc(NC(=O)c2cc3ccccc3c(N=Nc3c(C)cc(S(=O)(=O)O)cc3Cl)c2[O-])c(Cl)c1.[Na+]. The van der Waals surface area contributed by atoms with Gasteiger partial charge < -0.3 is 15.2 Å². The maximum absolute atomic E-state index is 13.4. The molecule has 4 aromatic rings. The first-order valence-electron chi connectivity index (χ1n) is 11.2. The van der Waals surface area contributed by atoms with Gasteiger partial charge in [-0.3, -0.25) is 9.35 Å². The van der Waals surface area contributed by atoms with Gasteiger partial charge in [-0.1, -0.05) is 53.2 Å². The third kappa shape index (κ3) is 6.90. The molecule has 0 saturated heterocycles. The van der Waals surface area contributed by atoms with Crippen molar-refractivity contribution in [1.82, 2.24) is 0 Å². The molecule has 2 N–H and O–H groups in total. The summed E-state index contributed by atoms with van der Waals surface area (Å²) in [7, 11) is -4.48. The number of aryl methyl sites for hydroxylation is 1. The molecule has 0 aromatic heterocycles. The molecule has 0 saturated carbocycles. The fraction of sp³-hybridized carbons (Fsp3) is 0.115. The van der Waals surface area contributed by atoms with E-state index < -0.39 is 26.7 Å². The molecule has 13 heteroatoms. The first-order chi connectivity index (χ1) is 18.0. The van der Waals surface area contributed by atoms with Crippen LogP contribution in [-0.4, -0.2) is 25.5 Å². The minimum absolute atomic E-state index is 0. The number of ether oxygens (including phenoxy) is 1. The van der Waals surface area contributed by atoms with Crippen LogP contribution in [-0.2, 0) is 10.1 Å². The number of halogens is 2. The van der Waals surface area contributed by atoms with Crippen molar-refractivity contribution < 1.29 is 57.2 Å². The Hall–Kier alpha value is -2.70. The predicted octanol–water partition coefficient (Wildman–Crippen LogP) is 3.85. The van der Waals surface area contributed by atoms with Crippen LogP contribution in [0.2, 0.25) is 10.0 Å². The Morgan fingerprint density at radius 1 is 1.03 bits per heavy atom. The molecule has 1 amide bonds. The number of nitrogens with one attached hydrogen (secondary N) is 1. The van der Waals surface area contributed by atoms with Crippen molar-refractivity contribution in [1.29, 1.82) is 0 Å². The maximum atomic E-state index is 13.4. The molecule has 0 bridgehead atoms. The summed E-state index contributed by atoms with van der Waals surface area (Å²) < 4.78 is 37.6. The van der Waals surface area contributed by atoms with E-state index in [1.165, 1.54) is 19.1 Å². The third-order valence-electron chi connectivity index (χ3n) is 5.50. The Morgan fingerprint density at radius 2 is 1.72 bits per heavy atom. The van der Waals surface area contributed by atoms with E-state index in [9.17, 15) is 22.9 Å². The van der Waals surface area contributed by atoms with E-state index in [0.717, 1.165) is 6.07 Å². The van der Waals surface area contributed by atoms with Gasteiger partial charge in [-0.2, -0.15) is 13.5 Å². The predicted molar refractivity (Wildman–Crippen MR) is 144 cm³/mol. The quantitative estimate of drug-likeness (QED) is 0.189. The number of hydrogen-bond acceptors (Lipinski definition) is 7. The number of fused-ring (bicyclic) bond motifs is 1. The smallest absolute Gasteiger partial charge is 0.870 e. The summed E-state index contributed by atoms with van der Waals surface area (Å²) in [5.41, 5.74) is 0.382. The largest absolute Gasteiger partial charge is 1.00 e. The van der Waals surface area contributed by atoms with Gasteiger partial charge in [-0.25, -0.2) is 0 Å². The van der Waals surface area contributed by atoms with E-state index in [1.54, 1.807) is 42.5 Å². The van der Waals surface area contributed by atoms with Crippen LogP contribution in [0, 0.1) is 6.92 Å². The van der Waals surface area contributed by atoms with Gasteiger partial charge in [-0.05, 0) is 55.1 Å². The topological polar surface area (TPSA) is 140 Å². The van der Waals surface area contributed by atoms with E-state index in [4.69, 9.17) is 27.9 Å². The van der Waals surface area contributed by atoms with Gasteiger partial charge in [0.1, 0.15) is 11.4 Å². The average molecular weight is 596 g/mol. The Labute approximate surface area is 256 Å². The number of carbonyl (C=O) groups is 1. The number of amides is 1.